The summed E-state index contributed by atoms with van der Waals surface area (Å²) < 4.78 is 0. The summed E-state index contributed by atoms with van der Waals surface area (Å²) in [6.45, 7) is 5.94. The second kappa shape index (κ2) is 6.20. The van der Waals surface area contributed by atoms with Crippen LogP contribution in [0.15, 0.2) is 18.5 Å². The molecule has 1 heterocycles. The molecule has 1 rings (SSSR count). The number of likely N-dealkylation sites (N-methyl/N-ethyl adjacent to an activating group) is 1. The van der Waals surface area contributed by atoms with E-state index < -0.39 is 5.91 Å². The van der Waals surface area contributed by atoms with Gasteiger partial charge in [0.15, 0.2) is 0 Å². The van der Waals surface area contributed by atoms with Gasteiger partial charge in [0.05, 0.1) is 11.3 Å². The highest BCUT2D eigenvalue weighted by Crippen LogP contribution is 2.12. The van der Waals surface area contributed by atoms with Crippen LogP contribution in [0.3, 0.4) is 0 Å². The van der Waals surface area contributed by atoms with Crippen molar-refractivity contribution in [3.8, 4) is 0 Å². The molecule has 0 bridgehead atoms. The lowest BCUT2D eigenvalue weighted by Crippen LogP contribution is -2.31. The first-order valence-electron chi connectivity index (χ1n) is 5.70. The SMILES string of the molecule is CC(C)N(C)CCNc1ccncc1C(N)=O. The summed E-state index contributed by atoms with van der Waals surface area (Å²) in [5.74, 6) is -0.460. The Balaban J connectivity index is 2.55. The molecular weight excluding hydrogens is 216 g/mol. The Hall–Kier alpha value is -1.62. The molecule has 1 aromatic rings. The quantitative estimate of drug-likeness (QED) is 0.771. The highest BCUT2D eigenvalue weighted by Gasteiger charge is 2.08. The smallest absolute Gasteiger partial charge is 0.252 e. The highest BCUT2D eigenvalue weighted by atomic mass is 16.1. The standard InChI is InChI=1S/C12H20N4O/c1-9(2)16(3)7-6-15-11-4-5-14-8-10(11)12(13)17/h4-5,8-9H,6-7H2,1-3H3,(H2,13,17)(H,14,15). The van der Waals surface area contributed by atoms with Gasteiger partial charge in [0.1, 0.15) is 0 Å². The van der Waals surface area contributed by atoms with Gasteiger partial charge in [-0.3, -0.25) is 9.78 Å². The van der Waals surface area contributed by atoms with E-state index in [1.54, 1.807) is 12.3 Å². The first kappa shape index (κ1) is 13.4. The van der Waals surface area contributed by atoms with Crippen molar-refractivity contribution in [2.45, 2.75) is 19.9 Å². The normalized spacial score (nSPS) is 10.9. The molecule has 5 nitrogen and oxygen atoms in total. The summed E-state index contributed by atoms with van der Waals surface area (Å²) >= 11 is 0. The molecule has 0 radical (unpaired) electrons. The molecular formula is C12H20N4O. The van der Waals surface area contributed by atoms with E-state index in [0.717, 1.165) is 18.8 Å². The molecule has 0 fully saturated rings. The van der Waals surface area contributed by atoms with Gasteiger partial charge in [-0.25, -0.2) is 0 Å². The third-order valence-corrected chi connectivity index (χ3v) is 2.75. The molecule has 1 aromatic heterocycles. The van der Waals surface area contributed by atoms with Gasteiger partial charge in [-0.2, -0.15) is 0 Å². The maximum Gasteiger partial charge on any atom is 0.252 e. The molecule has 94 valence electrons. The Morgan fingerprint density at radius 1 is 1.59 bits per heavy atom. The Morgan fingerprint density at radius 2 is 2.29 bits per heavy atom. The summed E-state index contributed by atoms with van der Waals surface area (Å²) in [5.41, 5.74) is 6.44. The number of hydrogen-bond acceptors (Lipinski definition) is 4. The van der Waals surface area contributed by atoms with Crippen molar-refractivity contribution in [2.75, 3.05) is 25.5 Å². The van der Waals surface area contributed by atoms with Crippen LogP contribution in [0, 0.1) is 0 Å². The fourth-order valence-corrected chi connectivity index (χ4v) is 1.37. The first-order valence-corrected chi connectivity index (χ1v) is 5.70. The second-order valence-corrected chi connectivity index (χ2v) is 4.29. The zero-order valence-corrected chi connectivity index (χ0v) is 10.6. The van der Waals surface area contributed by atoms with E-state index in [9.17, 15) is 4.79 Å². The molecule has 0 unspecified atom stereocenters. The van der Waals surface area contributed by atoms with Crippen molar-refractivity contribution in [3.05, 3.63) is 24.0 Å². The summed E-state index contributed by atoms with van der Waals surface area (Å²) in [7, 11) is 2.06. The lowest BCUT2D eigenvalue weighted by molar-refractivity contribution is 0.100. The molecule has 5 heteroatoms. The summed E-state index contributed by atoms with van der Waals surface area (Å²) in [6.07, 6.45) is 3.12. The van der Waals surface area contributed by atoms with Gasteiger partial charge >= 0.3 is 0 Å². The van der Waals surface area contributed by atoms with Gasteiger partial charge in [-0.15, -0.1) is 0 Å². The lowest BCUT2D eigenvalue weighted by Gasteiger charge is -2.21. The Labute approximate surface area is 102 Å². The molecule has 0 atom stereocenters. The highest BCUT2D eigenvalue weighted by molar-refractivity contribution is 5.98. The molecule has 0 aliphatic carbocycles. The number of primary amides is 1. The van der Waals surface area contributed by atoms with Crippen LogP contribution in [-0.2, 0) is 0 Å². The maximum absolute atomic E-state index is 11.2. The minimum absolute atomic E-state index is 0.430. The Morgan fingerprint density at radius 3 is 2.88 bits per heavy atom. The van der Waals surface area contributed by atoms with Crippen molar-refractivity contribution in [2.24, 2.45) is 5.73 Å². The number of pyridine rings is 1. The van der Waals surface area contributed by atoms with Gasteiger partial charge in [0, 0.05) is 31.5 Å². The Kier molecular flexibility index (Phi) is 4.90. The fraction of sp³-hybridized carbons (Fsp3) is 0.500. The van der Waals surface area contributed by atoms with E-state index in [-0.39, 0.29) is 0 Å². The Bertz CT molecular complexity index is 379. The first-order chi connectivity index (χ1) is 8.02. The number of carbonyl (C=O) groups excluding carboxylic acids is 1. The molecule has 0 aromatic carbocycles. The number of nitrogens with one attached hydrogen (secondary N) is 1. The minimum Gasteiger partial charge on any atom is -0.383 e. The van der Waals surface area contributed by atoms with Crippen molar-refractivity contribution >= 4 is 11.6 Å². The van der Waals surface area contributed by atoms with Crippen molar-refractivity contribution in [1.29, 1.82) is 0 Å². The van der Waals surface area contributed by atoms with E-state index in [2.05, 4.69) is 36.1 Å². The minimum atomic E-state index is -0.460. The van der Waals surface area contributed by atoms with Crippen LogP contribution in [0.4, 0.5) is 5.69 Å². The van der Waals surface area contributed by atoms with Crippen molar-refractivity contribution < 1.29 is 4.79 Å². The third kappa shape index (κ3) is 4.03. The van der Waals surface area contributed by atoms with Crippen LogP contribution >= 0.6 is 0 Å². The zero-order valence-electron chi connectivity index (χ0n) is 10.6. The number of hydrogen-bond donors (Lipinski definition) is 2. The molecule has 1 amide bonds. The van der Waals surface area contributed by atoms with Gasteiger partial charge in [0.25, 0.3) is 5.91 Å². The fourth-order valence-electron chi connectivity index (χ4n) is 1.37. The molecule has 0 saturated carbocycles. The number of nitrogens with zero attached hydrogens (tertiary/aromatic N) is 2. The number of rotatable bonds is 6. The van der Waals surface area contributed by atoms with Crippen molar-refractivity contribution in [1.82, 2.24) is 9.88 Å². The van der Waals surface area contributed by atoms with Crippen LogP contribution in [0.5, 0.6) is 0 Å². The van der Waals surface area contributed by atoms with Gasteiger partial charge in [-0.05, 0) is 27.0 Å². The summed E-state index contributed by atoms with van der Waals surface area (Å²) in [4.78, 5) is 17.3. The van der Waals surface area contributed by atoms with E-state index >= 15 is 0 Å². The maximum atomic E-state index is 11.2. The topological polar surface area (TPSA) is 71.2 Å². The number of nitrogens with two attached hydrogens (primary N) is 1. The summed E-state index contributed by atoms with van der Waals surface area (Å²) in [6, 6.07) is 2.26. The lowest BCUT2D eigenvalue weighted by atomic mass is 10.2. The average molecular weight is 236 g/mol. The van der Waals surface area contributed by atoms with E-state index in [4.69, 9.17) is 5.73 Å². The average Bonchev–Trinajstić information content (AvgIpc) is 2.29. The van der Waals surface area contributed by atoms with Crippen LogP contribution in [0.2, 0.25) is 0 Å². The van der Waals surface area contributed by atoms with E-state index in [0.29, 0.717) is 11.6 Å². The predicted octanol–water partition coefficient (Wildman–Crippen LogP) is 0.933. The zero-order chi connectivity index (χ0) is 12.8. The van der Waals surface area contributed by atoms with Crippen LogP contribution in [0.1, 0.15) is 24.2 Å². The number of anilines is 1. The van der Waals surface area contributed by atoms with Crippen molar-refractivity contribution in [3.63, 3.8) is 0 Å². The largest absolute Gasteiger partial charge is 0.383 e. The molecule has 0 saturated heterocycles. The number of amides is 1. The molecule has 0 spiro atoms. The molecule has 17 heavy (non-hydrogen) atoms. The summed E-state index contributed by atoms with van der Waals surface area (Å²) in [5, 5.41) is 3.20. The van der Waals surface area contributed by atoms with Crippen LogP contribution < -0.4 is 11.1 Å². The third-order valence-electron chi connectivity index (χ3n) is 2.75. The van der Waals surface area contributed by atoms with Crippen LogP contribution in [-0.4, -0.2) is 42.0 Å². The second-order valence-electron chi connectivity index (χ2n) is 4.29. The molecule has 3 N–H and O–H groups in total. The van der Waals surface area contributed by atoms with E-state index in [1.807, 2.05) is 0 Å². The predicted molar refractivity (Wildman–Crippen MR) is 69.0 cm³/mol. The molecule has 0 aliphatic heterocycles. The van der Waals surface area contributed by atoms with Gasteiger partial charge < -0.3 is 16.0 Å². The van der Waals surface area contributed by atoms with E-state index in [1.165, 1.54) is 6.20 Å². The van der Waals surface area contributed by atoms with Gasteiger partial charge in [0.2, 0.25) is 0 Å². The van der Waals surface area contributed by atoms with Gasteiger partial charge in [-0.1, -0.05) is 0 Å². The molecule has 0 aliphatic rings. The monoisotopic (exact) mass is 236 g/mol. The van der Waals surface area contributed by atoms with Crippen LogP contribution in [0.25, 0.3) is 0 Å². The number of carbonyl (C=O) groups is 1. The number of aromatic nitrogens is 1.